The number of nitrogens with two attached hydrogens (primary N) is 1. The molecule has 2 aromatic rings. The lowest BCUT2D eigenvalue weighted by Gasteiger charge is -2.08. The van der Waals surface area contributed by atoms with Crippen LogP contribution in [0.5, 0.6) is 5.75 Å². The maximum atomic E-state index is 12.1. The van der Waals surface area contributed by atoms with Gasteiger partial charge in [-0.25, -0.2) is 18.1 Å². The van der Waals surface area contributed by atoms with Gasteiger partial charge in [0.2, 0.25) is 10.0 Å². The van der Waals surface area contributed by atoms with Crippen molar-refractivity contribution in [3.05, 3.63) is 42.5 Å². The Hall–Kier alpha value is -1.90. The molecule has 1 aromatic carbocycles. The number of hydrogen-bond donors (Lipinski definition) is 3. The largest absolute Gasteiger partial charge is 0.492 e. The zero-order valence-corrected chi connectivity index (χ0v) is 12.3. The van der Waals surface area contributed by atoms with Gasteiger partial charge in [-0.1, -0.05) is 0 Å². The van der Waals surface area contributed by atoms with Crippen LogP contribution in [0, 0.1) is 0 Å². The predicted octanol–water partition coefficient (Wildman–Crippen LogP) is 0.268. The minimum absolute atomic E-state index is 0.196. The fourth-order valence-corrected chi connectivity index (χ4v) is 2.75. The number of rotatable bonds is 8. The number of hydrogen-bond acceptors (Lipinski definition) is 5. The third-order valence-corrected chi connectivity index (χ3v) is 4.21. The molecule has 0 spiro atoms. The van der Waals surface area contributed by atoms with Crippen molar-refractivity contribution in [2.45, 2.75) is 11.3 Å². The average Bonchev–Trinajstić information content (AvgIpc) is 2.98. The summed E-state index contributed by atoms with van der Waals surface area (Å²) in [5, 5.41) is 0. The highest BCUT2D eigenvalue weighted by molar-refractivity contribution is 7.89. The molecule has 0 fully saturated rings. The molecule has 21 heavy (non-hydrogen) atoms. The number of sulfonamides is 1. The van der Waals surface area contributed by atoms with E-state index in [9.17, 15) is 8.42 Å². The summed E-state index contributed by atoms with van der Waals surface area (Å²) in [5.41, 5.74) is 5.33. The van der Waals surface area contributed by atoms with Gasteiger partial charge in [-0.05, 0) is 24.3 Å². The maximum Gasteiger partial charge on any atom is 0.240 e. The van der Waals surface area contributed by atoms with Gasteiger partial charge < -0.3 is 15.5 Å². The zero-order valence-electron chi connectivity index (χ0n) is 11.5. The number of imidazole rings is 1. The lowest BCUT2D eigenvalue weighted by molar-refractivity contribution is 0.328. The zero-order chi connectivity index (χ0) is 15.1. The predicted molar refractivity (Wildman–Crippen MR) is 78.5 cm³/mol. The Balaban J connectivity index is 1.92. The van der Waals surface area contributed by atoms with Crippen molar-refractivity contribution in [2.75, 3.05) is 19.7 Å². The van der Waals surface area contributed by atoms with Crippen molar-refractivity contribution in [3.8, 4) is 5.75 Å². The molecule has 0 aliphatic rings. The van der Waals surface area contributed by atoms with E-state index in [4.69, 9.17) is 10.5 Å². The maximum absolute atomic E-state index is 12.1. The van der Waals surface area contributed by atoms with Crippen LogP contribution < -0.4 is 15.2 Å². The summed E-state index contributed by atoms with van der Waals surface area (Å²) in [7, 11) is -3.52. The van der Waals surface area contributed by atoms with Crippen LogP contribution in [-0.4, -0.2) is 38.1 Å². The van der Waals surface area contributed by atoms with Gasteiger partial charge >= 0.3 is 0 Å². The van der Waals surface area contributed by atoms with Gasteiger partial charge in [0, 0.05) is 31.9 Å². The molecule has 8 heteroatoms. The number of H-pyrrole nitrogens is 1. The second-order valence-corrected chi connectivity index (χ2v) is 6.06. The first-order valence-electron chi connectivity index (χ1n) is 6.52. The molecule has 0 aliphatic carbocycles. The number of aromatic nitrogens is 2. The first-order chi connectivity index (χ1) is 10.1. The van der Waals surface area contributed by atoms with Crippen LogP contribution in [0.2, 0.25) is 0 Å². The van der Waals surface area contributed by atoms with Crippen LogP contribution in [0.3, 0.4) is 0 Å². The van der Waals surface area contributed by atoms with E-state index in [0.717, 1.165) is 5.82 Å². The van der Waals surface area contributed by atoms with Gasteiger partial charge in [-0.3, -0.25) is 0 Å². The topological polar surface area (TPSA) is 110 Å². The Kier molecular flexibility index (Phi) is 5.32. The van der Waals surface area contributed by atoms with Crippen molar-refractivity contribution < 1.29 is 13.2 Å². The van der Waals surface area contributed by atoms with E-state index in [2.05, 4.69) is 14.7 Å². The van der Waals surface area contributed by atoms with Crippen LogP contribution in [0.4, 0.5) is 0 Å². The highest BCUT2D eigenvalue weighted by Gasteiger charge is 2.13. The first-order valence-corrected chi connectivity index (χ1v) is 8.01. The molecule has 0 saturated carbocycles. The van der Waals surface area contributed by atoms with Crippen LogP contribution in [0.15, 0.2) is 41.6 Å². The molecule has 1 heterocycles. The number of ether oxygens (including phenoxy) is 1. The van der Waals surface area contributed by atoms with E-state index in [0.29, 0.717) is 25.3 Å². The molecule has 4 N–H and O–H groups in total. The third kappa shape index (κ3) is 4.55. The number of benzene rings is 1. The Labute approximate surface area is 123 Å². The number of nitrogens with zero attached hydrogens (tertiary/aromatic N) is 1. The fraction of sp³-hybridized carbons (Fsp3) is 0.308. The minimum atomic E-state index is -3.52. The molecule has 2 rings (SSSR count). The molecule has 0 unspecified atom stereocenters. The smallest absolute Gasteiger partial charge is 0.240 e. The molecule has 0 bridgehead atoms. The summed E-state index contributed by atoms with van der Waals surface area (Å²) >= 11 is 0. The molecule has 7 nitrogen and oxygen atoms in total. The number of aromatic amines is 1. The monoisotopic (exact) mass is 310 g/mol. The quantitative estimate of drug-likeness (QED) is 0.648. The summed E-state index contributed by atoms with van der Waals surface area (Å²) in [4.78, 5) is 7.15. The van der Waals surface area contributed by atoms with Crippen molar-refractivity contribution in [1.29, 1.82) is 0 Å². The summed E-state index contributed by atoms with van der Waals surface area (Å²) in [6.07, 6.45) is 3.83. The van der Waals surface area contributed by atoms with Gasteiger partial charge in [0.1, 0.15) is 18.2 Å². The van der Waals surface area contributed by atoms with Crippen LogP contribution in [0.1, 0.15) is 5.82 Å². The molecule has 0 amide bonds. The van der Waals surface area contributed by atoms with Crippen molar-refractivity contribution in [3.63, 3.8) is 0 Å². The Bertz CT molecular complexity index is 639. The van der Waals surface area contributed by atoms with E-state index in [1.165, 1.54) is 12.1 Å². The van der Waals surface area contributed by atoms with Crippen molar-refractivity contribution in [2.24, 2.45) is 5.73 Å². The second-order valence-electron chi connectivity index (χ2n) is 4.29. The van der Waals surface area contributed by atoms with Gasteiger partial charge in [0.25, 0.3) is 0 Å². The van der Waals surface area contributed by atoms with Gasteiger partial charge in [0.15, 0.2) is 0 Å². The summed E-state index contributed by atoms with van der Waals surface area (Å²) in [5.74, 6) is 1.33. The highest BCUT2D eigenvalue weighted by Crippen LogP contribution is 2.15. The molecular weight excluding hydrogens is 292 g/mol. The molecule has 0 aliphatic heterocycles. The SMILES string of the molecule is NCCOc1ccc(S(=O)(=O)NCCc2ncc[nH]2)cc1. The molecular formula is C13H18N4O3S. The lowest BCUT2D eigenvalue weighted by Crippen LogP contribution is -2.26. The van der Waals surface area contributed by atoms with Gasteiger partial charge in [0.05, 0.1) is 4.90 Å². The lowest BCUT2D eigenvalue weighted by atomic mass is 10.3. The minimum Gasteiger partial charge on any atom is -0.492 e. The Morgan fingerprint density at radius 3 is 2.67 bits per heavy atom. The average molecular weight is 310 g/mol. The second kappa shape index (κ2) is 7.21. The van der Waals surface area contributed by atoms with Crippen molar-refractivity contribution >= 4 is 10.0 Å². The molecule has 1 aromatic heterocycles. The Morgan fingerprint density at radius 2 is 2.05 bits per heavy atom. The summed E-state index contributed by atoms with van der Waals surface area (Å²) in [6.45, 7) is 1.09. The van der Waals surface area contributed by atoms with E-state index in [1.807, 2.05) is 0 Å². The van der Waals surface area contributed by atoms with E-state index in [-0.39, 0.29) is 11.4 Å². The first kappa shape index (κ1) is 15.5. The van der Waals surface area contributed by atoms with Crippen molar-refractivity contribution in [1.82, 2.24) is 14.7 Å². The number of nitrogens with one attached hydrogen (secondary N) is 2. The van der Waals surface area contributed by atoms with Gasteiger partial charge in [-0.15, -0.1) is 0 Å². The van der Waals surface area contributed by atoms with Crippen LogP contribution in [-0.2, 0) is 16.4 Å². The molecule has 0 atom stereocenters. The third-order valence-electron chi connectivity index (χ3n) is 2.73. The van der Waals surface area contributed by atoms with E-state index in [1.54, 1.807) is 24.5 Å². The Morgan fingerprint density at radius 1 is 1.29 bits per heavy atom. The summed E-state index contributed by atoms with van der Waals surface area (Å²) in [6, 6.07) is 6.22. The van der Waals surface area contributed by atoms with Gasteiger partial charge in [-0.2, -0.15) is 0 Å². The van der Waals surface area contributed by atoms with E-state index < -0.39 is 10.0 Å². The molecule has 0 radical (unpaired) electrons. The molecule has 0 saturated heterocycles. The van der Waals surface area contributed by atoms with Crippen LogP contribution >= 0.6 is 0 Å². The van der Waals surface area contributed by atoms with E-state index >= 15 is 0 Å². The standard InChI is InChI=1S/C13H18N4O3S/c14-6-10-20-11-1-3-12(4-2-11)21(18,19)17-7-5-13-15-8-9-16-13/h1-4,8-9,17H,5-7,10,14H2,(H,15,16). The van der Waals surface area contributed by atoms with Crippen LogP contribution in [0.25, 0.3) is 0 Å². The summed E-state index contributed by atoms with van der Waals surface area (Å²) < 4.78 is 32.0. The fourth-order valence-electron chi connectivity index (χ4n) is 1.71. The molecule has 114 valence electrons. The highest BCUT2D eigenvalue weighted by atomic mass is 32.2. The normalized spacial score (nSPS) is 11.5.